The van der Waals surface area contributed by atoms with E-state index >= 15 is 28.3 Å². The van der Waals surface area contributed by atoms with Gasteiger partial charge in [-0.25, -0.2) is 0 Å². The van der Waals surface area contributed by atoms with Crippen molar-refractivity contribution >= 4 is 42.9 Å². The Balaban J connectivity index is 2.24. The third-order valence-electron chi connectivity index (χ3n) is 10.2. The Bertz CT molecular complexity index is 1900. The van der Waals surface area contributed by atoms with E-state index in [2.05, 4.69) is 0 Å². The van der Waals surface area contributed by atoms with E-state index in [1.54, 1.807) is 104 Å². The molecule has 0 unspecified atom stereocenters. The summed E-state index contributed by atoms with van der Waals surface area (Å²) in [4.78, 5) is 61.2. The molecule has 0 aliphatic carbocycles. The quantitative estimate of drug-likeness (QED) is 0.118. The van der Waals surface area contributed by atoms with E-state index < -0.39 is 42.9 Å². The zero-order chi connectivity index (χ0) is 38.7. The first-order valence-electron chi connectivity index (χ1n) is 17.1. The van der Waals surface area contributed by atoms with E-state index in [0.717, 1.165) is 22.3 Å². The van der Waals surface area contributed by atoms with Crippen molar-refractivity contribution in [3.05, 3.63) is 138 Å². The average molecular weight is 741 g/mol. The maximum absolute atomic E-state index is 16.5. The van der Waals surface area contributed by atoms with E-state index in [4.69, 9.17) is 0 Å². The van der Waals surface area contributed by atoms with Gasteiger partial charge >= 0.3 is 0 Å². The zero-order valence-electron chi connectivity index (χ0n) is 32.5. The van der Waals surface area contributed by atoms with Crippen LogP contribution in [0.2, 0.25) is 13.1 Å². The lowest BCUT2D eigenvalue weighted by molar-refractivity contribution is 0.103. The van der Waals surface area contributed by atoms with Gasteiger partial charge in [0.2, 0.25) is 42.9 Å². The highest BCUT2D eigenvalue weighted by Gasteiger charge is 2.69. The maximum Gasteiger partial charge on any atom is 0.227 e. The van der Waals surface area contributed by atoms with E-state index in [1.165, 1.54) is 13.1 Å². The third kappa shape index (κ3) is 6.47. The van der Waals surface area contributed by atoms with Gasteiger partial charge in [0.15, 0.2) is 0 Å². The molecule has 4 rings (SSSR count). The molecule has 0 radical (unpaired) electrons. The van der Waals surface area contributed by atoms with E-state index in [1.807, 2.05) is 27.7 Å². The number of aryl methyl sites for hydroxylation is 12. The van der Waals surface area contributed by atoms with E-state index in [9.17, 15) is 0 Å². The summed E-state index contributed by atoms with van der Waals surface area (Å²) in [7, 11) is -4.72. The summed E-state index contributed by atoms with van der Waals surface area (Å²) in [6, 6.07) is 14.2. The number of benzene rings is 4. The smallest absolute Gasteiger partial charge is 0.227 e. The van der Waals surface area contributed by atoms with Crippen LogP contribution in [0.1, 0.15) is 108 Å². The Labute approximate surface area is 303 Å². The predicted octanol–water partition coefficient (Wildman–Crippen LogP) is 11.5. The summed E-state index contributed by atoms with van der Waals surface area (Å²) in [5.74, 6) is 0. The molecule has 0 bridgehead atoms. The first kappa shape index (κ1) is 40.0. The summed E-state index contributed by atoms with van der Waals surface area (Å²) in [6.07, 6.45) is 0. The number of hydrogen-bond acceptors (Lipinski definition) is 6. The molecule has 51 heavy (non-hydrogen) atoms. The van der Waals surface area contributed by atoms with Gasteiger partial charge in [-0.3, -0.25) is 19.2 Å². The first-order valence-corrected chi connectivity index (χ1v) is 25.2. The monoisotopic (exact) mass is 740 g/mol. The van der Waals surface area contributed by atoms with Crippen LogP contribution in [-0.4, -0.2) is 29.5 Å². The van der Waals surface area contributed by atoms with Crippen LogP contribution in [0.4, 0.5) is 0 Å². The highest BCUT2D eigenvalue weighted by atomic mass is 31.7. The summed E-state index contributed by atoms with van der Waals surface area (Å²) < 4.78 is 32.9. The van der Waals surface area contributed by atoms with Crippen LogP contribution in [0, 0.1) is 83.1 Å². The number of hydrogen-bond donors (Lipinski definition) is 0. The van der Waals surface area contributed by atoms with Crippen molar-refractivity contribution < 1.29 is 28.3 Å². The lowest BCUT2D eigenvalue weighted by Crippen LogP contribution is -2.40. The lowest BCUT2D eigenvalue weighted by atomic mass is 10.0. The fraction of sp³-hybridized carbons (Fsp3) is 0.333. The van der Waals surface area contributed by atoms with Gasteiger partial charge in [-0.05, 0) is 128 Å². The Kier molecular flexibility index (Phi) is 11.0. The molecule has 4 aromatic rings. The molecule has 0 amide bonds. The molecule has 0 fully saturated rings. The summed E-state index contributed by atoms with van der Waals surface area (Å²) in [6.45, 7) is 13.9. The molecule has 268 valence electrons. The van der Waals surface area contributed by atoms with Crippen molar-refractivity contribution in [2.75, 3.05) is 0 Å². The predicted molar refractivity (Wildman–Crippen MR) is 213 cm³/mol. The second-order valence-corrected chi connectivity index (χ2v) is 33.6. The van der Waals surface area contributed by atoms with Crippen LogP contribution in [0.15, 0.2) is 48.5 Å². The molecule has 0 atom stereocenters. The van der Waals surface area contributed by atoms with Gasteiger partial charge in [-0.1, -0.05) is 83.9 Å². The Morgan fingerprint density at radius 3 is 0.627 bits per heavy atom. The molecule has 0 spiro atoms. The summed E-state index contributed by atoms with van der Waals surface area (Å²) in [5, 5.41) is 0. The molecule has 6 nitrogen and oxygen atoms in total. The fourth-order valence-electron chi connectivity index (χ4n) is 8.08. The minimum Gasteiger partial charge on any atom is -0.311 e. The minimum absolute atomic E-state index is 0.0946. The van der Waals surface area contributed by atoms with Crippen molar-refractivity contribution in [1.29, 1.82) is 0 Å². The second kappa shape index (κ2) is 14.0. The first-order chi connectivity index (χ1) is 23.4. The molecular weight excluding hydrogens is 690 g/mol. The lowest BCUT2D eigenvalue weighted by Gasteiger charge is -2.37. The molecular formula is C42H50O6P2Si. The van der Waals surface area contributed by atoms with Crippen molar-refractivity contribution in [3.63, 3.8) is 0 Å². The molecule has 0 saturated heterocycles. The van der Waals surface area contributed by atoms with E-state index in [-0.39, 0.29) is 22.3 Å². The summed E-state index contributed by atoms with van der Waals surface area (Å²) in [5.41, 5.74) is 4.14. The Hall–Kier alpha value is -3.76. The molecule has 0 saturated carbocycles. The number of carbonyl (C=O) groups is 4. The van der Waals surface area contributed by atoms with Gasteiger partial charge in [-0.15, -0.1) is 0 Å². The minimum atomic E-state index is -5.08. The highest BCUT2D eigenvalue weighted by molar-refractivity contribution is 8.47. The van der Waals surface area contributed by atoms with Crippen molar-refractivity contribution in [2.45, 2.75) is 96.2 Å². The molecule has 0 heterocycles. The maximum atomic E-state index is 16.5. The molecule has 0 aromatic heterocycles. The van der Waals surface area contributed by atoms with E-state index in [0.29, 0.717) is 44.5 Å². The number of rotatable bonds is 10. The standard InChI is InChI=1S/C42H50O6P2Si/c1-23-15-27(5)35(28(6)16-23)39(43)49(47,40(44)36-29(7)17-24(2)18-30(36)8)51(13,14)50(48,41(45)37-31(9)19-25(3)20-32(37)10)42(46)38-33(11)21-26(4)22-34(38)12/h15-22H,1-14H3. The van der Waals surface area contributed by atoms with Crippen molar-refractivity contribution in [3.8, 4) is 0 Å². The fourth-order valence-corrected chi connectivity index (χ4v) is 28.8. The zero-order valence-corrected chi connectivity index (χ0v) is 35.3. The van der Waals surface area contributed by atoms with Gasteiger partial charge in [0.05, 0.1) is 0 Å². The Morgan fingerprint density at radius 2 is 0.490 bits per heavy atom. The molecule has 0 aliphatic heterocycles. The third-order valence-corrected chi connectivity index (χ3v) is 33.3. The molecule has 0 aliphatic rings. The van der Waals surface area contributed by atoms with Crippen LogP contribution in [0.3, 0.4) is 0 Å². The Morgan fingerprint density at radius 1 is 0.353 bits per heavy atom. The van der Waals surface area contributed by atoms with Gasteiger partial charge in [-0.2, -0.15) is 0 Å². The average Bonchev–Trinajstić information content (AvgIpc) is 2.97. The second-order valence-electron chi connectivity index (χ2n) is 15.0. The van der Waals surface area contributed by atoms with Crippen LogP contribution in [-0.2, 0) is 9.13 Å². The van der Waals surface area contributed by atoms with Gasteiger partial charge in [0, 0.05) is 22.3 Å². The highest BCUT2D eigenvalue weighted by Crippen LogP contribution is 2.77. The van der Waals surface area contributed by atoms with Crippen LogP contribution >= 0.6 is 13.4 Å². The van der Waals surface area contributed by atoms with Crippen LogP contribution in [0.5, 0.6) is 0 Å². The summed E-state index contributed by atoms with van der Waals surface area (Å²) >= 11 is 0. The SMILES string of the molecule is Cc1cc(C)c(C(=O)P(=O)(C(=O)c2c(C)cc(C)cc2C)[Si](C)(C)P(=O)(C(=O)c2c(C)cc(C)cc2C)C(=O)c2c(C)cc(C)cc2C)c(C)c1. The normalized spacial score (nSPS) is 12.2. The van der Waals surface area contributed by atoms with Crippen LogP contribution in [0.25, 0.3) is 0 Å². The van der Waals surface area contributed by atoms with Gasteiger partial charge in [0.25, 0.3) is 0 Å². The molecule has 4 aromatic carbocycles. The van der Waals surface area contributed by atoms with Gasteiger partial charge in [0.1, 0.15) is 0 Å². The number of carbonyl (C=O) groups excluding carboxylic acids is 4. The largest absolute Gasteiger partial charge is 0.311 e. The van der Waals surface area contributed by atoms with Crippen molar-refractivity contribution in [1.82, 2.24) is 0 Å². The van der Waals surface area contributed by atoms with Crippen LogP contribution < -0.4 is 0 Å². The topological polar surface area (TPSA) is 102 Å². The van der Waals surface area contributed by atoms with Crippen molar-refractivity contribution in [2.24, 2.45) is 0 Å². The molecule has 9 heteroatoms. The van der Waals surface area contributed by atoms with Gasteiger partial charge < -0.3 is 9.13 Å². The molecule has 0 N–H and O–H groups in total.